The van der Waals surface area contributed by atoms with Crippen molar-refractivity contribution in [2.75, 3.05) is 0 Å². The molecule has 0 aliphatic carbocycles. The predicted octanol–water partition coefficient (Wildman–Crippen LogP) is 7.27. The molecule has 0 fully saturated rings. The molecule has 0 amide bonds. The fourth-order valence-electron chi connectivity index (χ4n) is 2.78. The maximum Gasteiger partial charge on any atom is 0.417 e. The molecule has 0 aliphatic heterocycles. The van der Waals surface area contributed by atoms with Crippen LogP contribution in [0.2, 0.25) is 0 Å². The Bertz CT molecular complexity index is 947. The molecule has 0 bridgehead atoms. The van der Waals surface area contributed by atoms with Crippen molar-refractivity contribution in [3.8, 4) is 0 Å². The summed E-state index contributed by atoms with van der Waals surface area (Å²) < 4.78 is 41.4. The molecule has 3 aromatic carbocycles. The molecular formula is C24H19F3. The van der Waals surface area contributed by atoms with Crippen molar-refractivity contribution >= 4 is 23.8 Å². The highest BCUT2D eigenvalue weighted by molar-refractivity contribution is 5.89. The van der Waals surface area contributed by atoms with E-state index in [0.29, 0.717) is 11.1 Å². The standard InChI is InChI=1S/C24H19F3/c1-18-11-13-19(14-12-18)15-16-21-9-5-6-10-22(21)23(24(25,26)27)17-20-7-3-2-4-8-20/h2-17H,1H3/b16-15+,23-17-. The summed E-state index contributed by atoms with van der Waals surface area (Å²) in [5, 5.41) is 0. The van der Waals surface area contributed by atoms with Gasteiger partial charge in [-0.3, -0.25) is 0 Å². The van der Waals surface area contributed by atoms with Gasteiger partial charge in [-0.05, 0) is 35.3 Å². The lowest BCUT2D eigenvalue weighted by Crippen LogP contribution is -2.11. The highest BCUT2D eigenvalue weighted by atomic mass is 19.4. The van der Waals surface area contributed by atoms with Gasteiger partial charge in [0.25, 0.3) is 0 Å². The molecule has 0 atom stereocenters. The van der Waals surface area contributed by atoms with Crippen LogP contribution in [0.3, 0.4) is 0 Å². The molecule has 0 aromatic heterocycles. The molecule has 0 radical (unpaired) electrons. The molecule has 0 saturated heterocycles. The molecule has 0 heterocycles. The molecule has 0 nitrogen and oxygen atoms in total. The van der Waals surface area contributed by atoms with Crippen molar-refractivity contribution in [2.24, 2.45) is 0 Å². The van der Waals surface area contributed by atoms with E-state index in [1.54, 1.807) is 54.6 Å². The summed E-state index contributed by atoms with van der Waals surface area (Å²) in [7, 11) is 0. The van der Waals surface area contributed by atoms with Gasteiger partial charge >= 0.3 is 6.18 Å². The topological polar surface area (TPSA) is 0 Å². The summed E-state index contributed by atoms with van der Waals surface area (Å²) in [6.07, 6.45) is 0.293. The van der Waals surface area contributed by atoms with E-state index in [-0.39, 0.29) is 5.56 Å². The number of alkyl halides is 3. The van der Waals surface area contributed by atoms with Gasteiger partial charge in [-0.25, -0.2) is 0 Å². The van der Waals surface area contributed by atoms with Crippen LogP contribution in [-0.4, -0.2) is 6.18 Å². The molecule has 0 unspecified atom stereocenters. The summed E-state index contributed by atoms with van der Waals surface area (Å²) in [6.45, 7) is 1.99. The average molecular weight is 364 g/mol. The van der Waals surface area contributed by atoms with Gasteiger partial charge in [-0.1, -0.05) is 96.6 Å². The SMILES string of the molecule is Cc1ccc(/C=C/c2ccccc2/C(=C/c2ccccc2)C(F)(F)F)cc1. The Balaban J connectivity index is 2.04. The maximum atomic E-state index is 13.8. The Hall–Kier alpha value is -3.07. The first-order valence-corrected chi connectivity index (χ1v) is 8.61. The van der Waals surface area contributed by atoms with E-state index < -0.39 is 11.7 Å². The van der Waals surface area contributed by atoms with Crippen LogP contribution in [0.5, 0.6) is 0 Å². The number of allylic oxidation sites excluding steroid dienone is 1. The predicted molar refractivity (Wildman–Crippen MR) is 107 cm³/mol. The number of aryl methyl sites for hydroxylation is 1. The second-order valence-electron chi connectivity index (χ2n) is 6.30. The molecule has 3 rings (SSSR count). The first kappa shape index (κ1) is 18.7. The number of hydrogen-bond acceptors (Lipinski definition) is 0. The summed E-state index contributed by atoms with van der Waals surface area (Å²) in [4.78, 5) is 0. The van der Waals surface area contributed by atoms with Gasteiger partial charge in [-0.15, -0.1) is 0 Å². The van der Waals surface area contributed by atoms with E-state index in [1.165, 1.54) is 12.1 Å². The van der Waals surface area contributed by atoms with Crippen molar-refractivity contribution in [3.63, 3.8) is 0 Å². The van der Waals surface area contributed by atoms with Crippen molar-refractivity contribution in [1.82, 2.24) is 0 Å². The van der Waals surface area contributed by atoms with Crippen LogP contribution in [0, 0.1) is 6.92 Å². The van der Waals surface area contributed by atoms with Crippen molar-refractivity contribution in [1.29, 1.82) is 0 Å². The maximum absolute atomic E-state index is 13.8. The van der Waals surface area contributed by atoms with Gasteiger partial charge in [0.2, 0.25) is 0 Å². The second-order valence-corrected chi connectivity index (χ2v) is 6.30. The minimum Gasteiger partial charge on any atom is -0.166 e. The third kappa shape index (κ3) is 4.98. The number of rotatable bonds is 4. The highest BCUT2D eigenvalue weighted by Gasteiger charge is 2.35. The molecule has 0 N–H and O–H groups in total. The fraction of sp³-hybridized carbons (Fsp3) is 0.0833. The lowest BCUT2D eigenvalue weighted by atomic mass is 9.96. The number of benzene rings is 3. The zero-order chi connectivity index (χ0) is 19.3. The summed E-state index contributed by atoms with van der Waals surface area (Å²) in [5.41, 5.74) is 2.63. The Morgan fingerprint density at radius 1 is 0.704 bits per heavy atom. The second kappa shape index (κ2) is 8.09. The minimum atomic E-state index is -4.45. The van der Waals surface area contributed by atoms with E-state index >= 15 is 0 Å². The first-order chi connectivity index (χ1) is 12.9. The van der Waals surface area contributed by atoms with Crippen LogP contribution in [0.4, 0.5) is 13.2 Å². The van der Waals surface area contributed by atoms with Gasteiger partial charge in [-0.2, -0.15) is 13.2 Å². The zero-order valence-electron chi connectivity index (χ0n) is 14.9. The summed E-state index contributed by atoms with van der Waals surface area (Å²) in [5.74, 6) is 0. The molecule has 3 heteroatoms. The van der Waals surface area contributed by atoms with Gasteiger partial charge in [0.05, 0.1) is 5.57 Å². The van der Waals surface area contributed by atoms with E-state index in [2.05, 4.69) is 0 Å². The third-order valence-corrected chi connectivity index (χ3v) is 4.20. The van der Waals surface area contributed by atoms with Gasteiger partial charge in [0.1, 0.15) is 0 Å². The van der Waals surface area contributed by atoms with Crippen LogP contribution < -0.4 is 0 Å². The molecule has 0 spiro atoms. The molecular weight excluding hydrogens is 345 g/mol. The molecule has 0 aliphatic rings. The minimum absolute atomic E-state index is 0.164. The molecule has 0 saturated carbocycles. The molecule has 136 valence electrons. The van der Waals surface area contributed by atoms with Gasteiger partial charge in [0, 0.05) is 0 Å². The Morgan fingerprint density at radius 2 is 1.33 bits per heavy atom. The van der Waals surface area contributed by atoms with E-state index in [4.69, 9.17) is 0 Å². The summed E-state index contributed by atoms with van der Waals surface area (Å²) >= 11 is 0. The quantitative estimate of drug-likeness (QED) is 0.427. The van der Waals surface area contributed by atoms with Crippen LogP contribution >= 0.6 is 0 Å². The smallest absolute Gasteiger partial charge is 0.166 e. The van der Waals surface area contributed by atoms with Gasteiger partial charge < -0.3 is 0 Å². The van der Waals surface area contributed by atoms with Crippen LogP contribution in [0.1, 0.15) is 27.8 Å². The lowest BCUT2D eigenvalue weighted by Gasteiger charge is -2.15. The largest absolute Gasteiger partial charge is 0.417 e. The van der Waals surface area contributed by atoms with Crippen LogP contribution in [-0.2, 0) is 0 Å². The molecule has 3 aromatic rings. The normalized spacial score (nSPS) is 12.5. The summed E-state index contributed by atoms with van der Waals surface area (Å²) in [6, 6.07) is 23.0. The van der Waals surface area contributed by atoms with Crippen LogP contribution in [0.15, 0.2) is 78.9 Å². The van der Waals surface area contributed by atoms with E-state index in [0.717, 1.165) is 11.1 Å². The van der Waals surface area contributed by atoms with Gasteiger partial charge in [0.15, 0.2) is 0 Å². The van der Waals surface area contributed by atoms with Crippen molar-refractivity contribution in [3.05, 3.63) is 107 Å². The molecule has 27 heavy (non-hydrogen) atoms. The van der Waals surface area contributed by atoms with Crippen molar-refractivity contribution in [2.45, 2.75) is 13.1 Å². The van der Waals surface area contributed by atoms with E-state index in [9.17, 15) is 13.2 Å². The van der Waals surface area contributed by atoms with E-state index in [1.807, 2.05) is 37.3 Å². The first-order valence-electron chi connectivity index (χ1n) is 8.61. The lowest BCUT2D eigenvalue weighted by molar-refractivity contribution is -0.0683. The highest BCUT2D eigenvalue weighted by Crippen LogP contribution is 2.37. The van der Waals surface area contributed by atoms with Crippen molar-refractivity contribution < 1.29 is 13.2 Å². The fourth-order valence-corrected chi connectivity index (χ4v) is 2.78. The third-order valence-electron chi connectivity index (χ3n) is 4.20. The Labute approximate surface area is 157 Å². The Morgan fingerprint density at radius 3 is 2.00 bits per heavy atom. The monoisotopic (exact) mass is 364 g/mol. The number of halogens is 3. The average Bonchev–Trinajstić information content (AvgIpc) is 2.66. The Kier molecular flexibility index (Phi) is 5.60. The zero-order valence-corrected chi connectivity index (χ0v) is 14.9. The number of hydrogen-bond donors (Lipinski definition) is 0. The van der Waals surface area contributed by atoms with Crippen LogP contribution in [0.25, 0.3) is 23.8 Å².